The van der Waals surface area contributed by atoms with Gasteiger partial charge in [0.25, 0.3) is 0 Å². The van der Waals surface area contributed by atoms with Gasteiger partial charge in [0, 0.05) is 37.7 Å². The molecule has 12 nitrogen and oxygen atoms in total. The van der Waals surface area contributed by atoms with Crippen LogP contribution in [0.3, 0.4) is 0 Å². The molecule has 0 spiro atoms. The summed E-state index contributed by atoms with van der Waals surface area (Å²) >= 11 is 0. The van der Waals surface area contributed by atoms with Crippen molar-refractivity contribution in [1.29, 1.82) is 0 Å². The molecule has 3 saturated heterocycles. The standard InChI is InChI=1S/C41H51F3N6O6S/c1-3-38(51)48-18-19-56-24-34(23-48)57(53,54)33-10-11-37(36(43)22-33)49-26-40(44,27-49)25-47-15-12-30(13-16-47)41(28-50-17-14-45-46-50,31-7-5-8-32(42)21-31)35-9-4-6-29(35)20-39(52)55-2/h3,5,7-8,10-11,14,17,21-22,29-30,34-35H,1,4,6,9,12-13,15-16,18-20,23-28H2,2H3/t29-,34+,35+,41+/m1/s1. The van der Waals surface area contributed by atoms with E-state index < -0.39 is 37.9 Å². The Bertz CT molecular complexity index is 2020. The summed E-state index contributed by atoms with van der Waals surface area (Å²) in [5.41, 5.74) is -1.21. The zero-order valence-corrected chi connectivity index (χ0v) is 33.1. The summed E-state index contributed by atoms with van der Waals surface area (Å²) in [6, 6.07) is 10.4. The average molecular weight is 813 g/mol. The average Bonchev–Trinajstić information content (AvgIpc) is 3.82. The molecule has 7 rings (SSSR count). The van der Waals surface area contributed by atoms with E-state index >= 15 is 13.2 Å². The number of piperidine rings is 1. The van der Waals surface area contributed by atoms with Crippen LogP contribution in [0.5, 0.6) is 0 Å². The number of halogens is 3. The molecule has 1 amide bonds. The Kier molecular flexibility index (Phi) is 12.1. The molecule has 308 valence electrons. The second-order valence-corrected chi connectivity index (χ2v) is 18.4. The number of hydrogen-bond acceptors (Lipinski definition) is 10. The van der Waals surface area contributed by atoms with Crippen LogP contribution < -0.4 is 4.90 Å². The quantitative estimate of drug-likeness (QED) is 0.179. The van der Waals surface area contributed by atoms with Gasteiger partial charge in [-0.15, -0.1) is 5.10 Å². The fourth-order valence-electron chi connectivity index (χ4n) is 10.0. The van der Waals surface area contributed by atoms with Crippen LogP contribution in [0.4, 0.5) is 18.9 Å². The van der Waals surface area contributed by atoms with Gasteiger partial charge >= 0.3 is 5.97 Å². The molecule has 3 aliphatic heterocycles. The molecule has 2 aromatic carbocycles. The third-order valence-corrected chi connectivity index (χ3v) is 14.8. The van der Waals surface area contributed by atoms with Gasteiger partial charge in [-0.1, -0.05) is 30.3 Å². The SMILES string of the molecule is C=CC(=O)N1CCOC[C@@H](S(=O)(=O)c2ccc(N3CC(F)(CN4CCC([C@@](Cn5ccnn5)(c5cccc(F)c5)[C@H]5CCC[C@@H]5CC(=O)OC)CC4)C3)c(F)c2)C1. The van der Waals surface area contributed by atoms with Crippen LogP contribution in [-0.2, 0) is 40.9 Å². The summed E-state index contributed by atoms with van der Waals surface area (Å²) in [4.78, 5) is 29.6. The molecule has 0 bridgehead atoms. The zero-order chi connectivity index (χ0) is 40.4. The number of ether oxygens (including phenoxy) is 2. The minimum absolute atomic E-state index is 0.0381. The summed E-state index contributed by atoms with van der Waals surface area (Å²) in [6.07, 6.45) is 8.92. The Hall–Kier alpha value is -4.28. The summed E-state index contributed by atoms with van der Waals surface area (Å²) in [6.45, 7) is 5.33. The summed E-state index contributed by atoms with van der Waals surface area (Å²) in [5, 5.41) is 7.31. The molecule has 1 aliphatic carbocycles. The largest absolute Gasteiger partial charge is 0.469 e. The molecule has 4 aliphatic rings. The van der Waals surface area contributed by atoms with Crippen LogP contribution in [0.2, 0.25) is 0 Å². The minimum atomic E-state index is -4.06. The minimum Gasteiger partial charge on any atom is -0.469 e. The molecule has 4 atom stereocenters. The lowest BCUT2D eigenvalue weighted by atomic mass is 9.57. The van der Waals surface area contributed by atoms with Crippen molar-refractivity contribution in [3.05, 3.63) is 84.7 Å². The number of carbonyl (C=O) groups excluding carboxylic acids is 2. The number of hydrogen-bond donors (Lipinski definition) is 0. The van der Waals surface area contributed by atoms with Gasteiger partial charge < -0.3 is 19.3 Å². The monoisotopic (exact) mass is 812 g/mol. The van der Waals surface area contributed by atoms with Crippen molar-refractivity contribution in [2.75, 3.05) is 71.0 Å². The van der Waals surface area contributed by atoms with Crippen molar-refractivity contribution >= 4 is 27.4 Å². The van der Waals surface area contributed by atoms with E-state index in [1.807, 2.05) is 12.3 Å². The Labute approximate surface area is 331 Å². The second kappa shape index (κ2) is 16.9. The highest BCUT2D eigenvalue weighted by atomic mass is 32.2. The first-order chi connectivity index (χ1) is 27.3. The lowest BCUT2D eigenvalue weighted by Gasteiger charge is -2.52. The van der Waals surface area contributed by atoms with Gasteiger partial charge in [-0.2, -0.15) is 0 Å². The van der Waals surface area contributed by atoms with Crippen LogP contribution in [0, 0.1) is 29.4 Å². The predicted octanol–water partition coefficient (Wildman–Crippen LogP) is 4.60. The van der Waals surface area contributed by atoms with Gasteiger partial charge in [0.1, 0.15) is 16.9 Å². The van der Waals surface area contributed by atoms with E-state index in [4.69, 9.17) is 9.47 Å². The molecule has 16 heteroatoms. The second-order valence-electron chi connectivity index (χ2n) is 16.1. The fraction of sp³-hybridized carbons (Fsp3) is 0.561. The molecule has 1 saturated carbocycles. The third-order valence-electron chi connectivity index (χ3n) is 12.8. The van der Waals surface area contributed by atoms with Crippen molar-refractivity contribution < 1.29 is 40.7 Å². The van der Waals surface area contributed by atoms with E-state index in [1.54, 1.807) is 27.9 Å². The van der Waals surface area contributed by atoms with Gasteiger partial charge in [-0.25, -0.2) is 21.6 Å². The number of likely N-dealkylation sites (tertiary alicyclic amines) is 1. The van der Waals surface area contributed by atoms with E-state index in [0.29, 0.717) is 32.5 Å². The Morgan fingerprint density at radius 1 is 1.09 bits per heavy atom. The van der Waals surface area contributed by atoms with Gasteiger partial charge in [-0.05, 0) is 98.5 Å². The molecule has 3 aromatic rings. The number of alkyl halides is 1. The van der Waals surface area contributed by atoms with Gasteiger partial charge in [0.2, 0.25) is 5.91 Å². The third kappa shape index (κ3) is 8.49. The number of methoxy groups -OCH3 is 1. The number of aromatic nitrogens is 3. The van der Waals surface area contributed by atoms with Gasteiger partial charge in [0.15, 0.2) is 15.5 Å². The number of esters is 1. The van der Waals surface area contributed by atoms with Crippen LogP contribution >= 0.6 is 0 Å². The Morgan fingerprint density at radius 3 is 2.56 bits per heavy atom. The Balaban J connectivity index is 1.03. The van der Waals surface area contributed by atoms with E-state index in [-0.39, 0.29) is 92.5 Å². The molecule has 0 unspecified atom stereocenters. The smallest absolute Gasteiger partial charge is 0.305 e. The van der Waals surface area contributed by atoms with Gasteiger partial charge in [-0.3, -0.25) is 19.2 Å². The maximum Gasteiger partial charge on any atom is 0.305 e. The number of amides is 1. The molecule has 4 fully saturated rings. The highest BCUT2D eigenvalue weighted by Crippen LogP contribution is 2.54. The number of rotatable bonds is 13. The summed E-state index contributed by atoms with van der Waals surface area (Å²) < 4.78 is 86.3. The first-order valence-electron chi connectivity index (χ1n) is 19.7. The molecule has 1 aromatic heterocycles. The molecule has 0 N–H and O–H groups in total. The maximum atomic E-state index is 16.3. The van der Waals surface area contributed by atoms with Crippen molar-refractivity contribution in [3.63, 3.8) is 0 Å². The van der Waals surface area contributed by atoms with Crippen molar-refractivity contribution in [2.24, 2.45) is 17.8 Å². The molecule has 0 radical (unpaired) electrons. The number of anilines is 1. The van der Waals surface area contributed by atoms with Crippen molar-refractivity contribution in [3.8, 4) is 0 Å². The normalized spacial score (nSPS) is 24.3. The maximum absolute atomic E-state index is 16.3. The predicted molar refractivity (Wildman–Crippen MR) is 206 cm³/mol. The lowest BCUT2D eigenvalue weighted by molar-refractivity contribution is -0.142. The van der Waals surface area contributed by atoms with E-state index in [0.717, 1.165) is 37.0 Å². The van der Waals surface area contributed by atoms with Crippen LogP contribution in [0.1, 0.15) is 44.1 Å². The van der Waals surface area contributed by atoms with Crippen LogP contribution in [0.15, 0.2) is 72.4 Å². The van der Waals surface area contributed by atoms with Gasteiger partial charge in [0.05, 0.1) is 56.7 Å². The van der Waals surface area contributed by atoms with Crippen LogP contribution in [-0.4, -0.2) is 122 Å². The van der Waals surface area contributed by atoms with Crippen molar-refractivity contribution in [2.45, 2.75) is 66.3 Å². The number of nitrogens with zero attached hydrogens (tertiary/aromatic N) is 6. The first kappa shape index (κ1) is 40.9. The number of sulfone groups is 1. The Morgan fingerprint density at radius 2 is 1.88 bits per heavy atom. The zero-order valence-electron chi connectivity index (χ0n) is 32.3. The highest BCUT2D eigenvalue weighted by Gasteiger charge is 2.53. The summed E-state index contributed by atoms with van der Waals surface area (Å²) in [7, 11) is -2.66. The molecular weight excluding hydrogens is 762 g/mol. The fourth-order valence-corrected chi connectivity index (χ4v) is 11.6. The topological polar surface area (TPSA) is 127 Å². The van der Waals surface area contributed by atoms with E-state index in [1.165, 1.54) is 30.2 Å². The molecular formula is C41H51F3N6O6S. The lowest BCUT2D eigenvalue weighted by Crippen LogP contribution is -2.64. The number of carbonyl (C=O) groups is 2. The highest BCUT2D eigenvalue weighted by molar-refractivity contribution is 7.92. The van der Waals surface area contributed by atoms with E-state index in [2.05, 4.69) is 21.8 Å². The van der Waals surface area contributed by atoms with Crippen molar-refractivity contribution in [1.82, 2.24) is 24.8 Å². The molecule has 57 heavy (non-hydrogen) atoms. The summed E-state index contributed by atoms with van der Waals surface area (Å²) in [5.74, 6) is -1.63. The first-order valence-corrected chi connectivity index (χ1v) is 21.3. The van der Waals surface area contributed by atoms with E-state index in [9.17, 15) is 18.0 Å². The van der Waals surface area contributed by atoms with Crippen LogP contribution in [0.25, 0.3) is 0 Å². The molecule has 4 heterocycles. The number of benzene rings is 2.